The maximum absolute atomic E-state index is 12.7. The summed E-state index contributed by atoms with van der Waals surface area (Å²) in [5.74, 6) is 1.11. The quantitative estimate of drug-likeness (QED) is 0.0369. The van der Waals surface area contributed by atoms with Gasteiger partial charge in [-0.2, -0.15) is 0 Å². The number of nitrogens with one attached hydrogen (secondary N) is 5. The number of hydrogen-bond donors (Lipinski definition) is 6. The van der Waals surface area contributed by atoms with Gasteiger partial charge in [-0.1, -0.05) is 54.6 Å². The molecule has 4 aromatic carbocycles. The minimum atomic E-state index is -0.165. The highest BCUT2D eigenvalue weighted by atomic mass is 16.5. The van der Waals surface area contributed by atoms with Crippen molar-refractivity contribution in [2.75, 3.05) is 50.2 Å². The molecule has 0 aromatic heterocycles. The van der Waals surface area contributed by atoms with Crippen LogP contribution < -0.4 is 26.6 Å². The average Bonchev–Trinajstić information content (AvgIpc) is 3.13. The zero-order valence-corrected chi connectivity index (χ0v) is 28.9. The Hall–Kier alpha value is -5.98. The van der Waals surface area contributed by atoms with Crippen LogP contribution in [-0.2, 0) is 16.0 Å². The van der Waals surface area contributed by atoms with Gasteiger partial charge in [0.05, 0.1) is 33.0 Å². The number of aryl methyl sites for hydroxylation is 1. The third kappa shape index (κ3) is 14.2. The summed E-state index contributed by atoms with van der Waals surface area (Å²) < 4.78 is 11.1. The predicted octanol–water partition coefficient (Wildman–Crippen LogP) is 5.45. The maximum Gasteiger partial charge on any atom is 0.251 e. The van der Waals surface area contributed by atoms with E-state index in [4.69, 9.17) is 9.47 Å². The van der Waals surface area contributed by atoms with Gasteiger partial charge in [0, 0.05) is 35.6 Å². The summed E-state index contributed by atoms with van der Waals surface area (Å²) in [6.45, 7) is 10.7. The number of anilines is 2. The Morgan fingerprint density at radius 3 is 2.04 bits per heavy atom. The summed E-state index contributed by atoms with van der Waals surface area (Å²) in [6, 6.07) is 30.7. The van der Waals surface area contributed by atoms with Gasteiger partial charge in [0.15, 0.2) is 0 Å². The number of aromatic hydroxyl groups is 1. The zero-order valence-electron chi connectivity index (χ0n) is 28.9. The first-order valence-corrected chi connectivity index (χ1v) is 16.6. The van der Waals surface area contributed by atoms with E-state index in [-0.39, 0.29) is 17.6 Å². The maximum atomic E-state index is 12.7. The van der Waals surface area contributed by atoms with Crippen molar-refractivity contribution in [1.29, 1.82) is 0 Å². The Kier molecular flexibility index (Phi) is 15.2. The number of guanidine groups is 1. The molecule has 2 amide bonds. The molecule has 0 bridgehead atoms. The molecule has 0 unspecified atom stereocenters. The molecule has 0 heterocycles. The lowest BCUT2D eigenvalue weighted by molar-refractivity contribution is 0.0512. The van der Waals surface area contributed by atoms with Gasteiger partial charge in [0.1, 0.15) is 17.4 Å². The molecular formula is C39H45N7O5. The number of carbonyl (C=O) groups is 2. The number of benzene rings is 4. The minimum Gasteiger partial charge on any atom is -0.508 e. The third-order valence-electron chi connectivity index (χ3n) is 7.21. The fraction of sp³-hybridized carbons (Fsp3) is 0.231. The zero-order chi connectivity index (χ0) is 36.3. The molecule has 0 aliphatic carbocycles. The number of aliphatic imine (C=N–C) groups is 2. The molecule has 4 rings (SSSR count). The Morgan fingerprint density at radius 2 is 1.33 bits per heavy atom. The van der Waals surface area contributed by atoms with Gasteiger partial charge in [-0.25, -0.2) is 4.99 Å². The summed E-state index contributed by atoms with van der Waals surface area (Å²) in [7, 11) is 0. The summed E-state index contributed by atoms with van der Waals surface area (Å²) in [5, 5.41) is 24.9. The normalized spacial score (nSPS) is 11.4. The van der Waals surface area contributed by atoms with Gasteiger partial charge in [-0.3, -0.25) is 14.6 Å². The lowest BCUT2D eigenvalue weighted by Gasteiger charge is -2.16. The largest absolute Gasteiger partial charge is 0.508 e. The fourth-order valence-electron chi connectivity index (χ4n) is 4.53. The third-order valence-corrected chi connectivity index (χ3v) is 7.21. The average molecular weight is 692 g/mol. The molecule has 266 valence electrons. The highest BCUT2D eigenvalue weighted by molar-refractivity contribution is 6.02. The highest BCUT2D eigenvalue weighted by Gasteiger charge is 2.08. The molecule has 6 N–H and O–H groups in total. The van der Waals surface area contributed by atoms with Crippen LogP contribution >= 0.6 is 0 Å². The number of carbonyl (C=O) groups excluding carboxylic acids is 2. The number of phenolic OH excluding ortho intramolecular Hbond substituents is 1. The monoisotopic (exact) mass is 691 g/mol. The summed E-state index contributed by atoms with van der Waals surface area (Å²) in [6.07, 6.45) is 0. The molecule has 0 saturated carbocycles. The summed E-state index contributed by atoms with van der Waals surface area (Å²) >= 11 is 0. The number of amides is 2. The van der Waals surface area contributed by atoms with Crippen LogP contribution in [-0.4, -0.2) is 68.2 Å². The molecule has 12 heteroatoms. The molecule has 0 radical (unpaired) electrons. The molecule has 4 aromatic rings. The van der Waals surface area contributed by atoms with Crippen LogP contribution in [0.25, 0.3) is 0 Å². The van der Waals surface area contributed by atoms with Crippen LogP contribution in [0.5, 0.6) is 5.75 Å². The van der Waals surface area contributed by atoms with Gasteiger partial charge < -0.3 is 41.2 Å². The van der Waals surface area contributed by atoms with Crippen LogP contribution in [0.4, 0.5) is 11.4 Å². The van der Waals surface area contributed by atoms with Crippen molar-refractivity contribution in [3.8, 4) is 5.75 Å². The van der Waals surface area contributed by atoms with E-state index in [2.05, 4.69) is 43.1 Å². The Balaban J connectivity index is 1.21. The number of hydrogen-bond acceptors (Lipinski definition) is 7. The second-order valence-corrected chi connectivity index (χ2v) is 11.4. The van der Waals surface area contributed by atoms with Crippen LogP contribution in [0, 0.1) is 6.92 Å². The van der Waals surface area contributed by atoms with E-state index < -0.39 is 0 Å². The van der Waals surface area contributed by atoms with Crippen molar-refractivity contribution >= 4 is 35.0 Å². The van der Waals surface area contributed by atoms with E-state index in [1.165, 1.54) is 5.56 Å². The number of phenols is 1. The second kappa shape index (κ2) is 20.5. The Bertz CT molecular complexity index is 1760. The highest BCUT2D eigenvalue weighted by Crippen LogP contribution is 2.15. The summed E-state index contributed by atoms with van der Waals surface area (Å²) in [5.41, 5.74) is 4.75. The molecule has 0 aliphatic rings. The van der Waals surface area contributed by atoms with E-state index in [0.717, 1.165) is 11.3 Å². The molecule has 0 spiro atoms. The van der Waals surface area contributed by atoms with Crippen LogP contribution in [0.1, 0.15) is 38.8 Å². The molecular weight excluding hydrogens is 646 g/mol. The number of ether oxygens (including phenoxy) is 2. The molecule has 51 heavy (non-hydrogen) atoms. The van der Waals surface area contributed by atoms with Gasteiger partial charge in [0.25, 0.3) is 11.8 Å². The van der Waals surface area contributed by atoms with Crippen molar-refractivity contribution in [2.24, 2.45) is 9.98 Å². The minimum absolute atomic E-state index is 0.134. The standard InChI is InChI=1S/C39H45N7O5/c1-28-9-11-31(12-10-28)27-42-38(49)33-13-15-34(16-14-33)43-30(3)45-39(46-35-17-19-36(47)20-18-35)44-29(2)40-21-23-50-25-26-51-24-22-41-37(48)32-7-5-4-6-8-32/h4-20,43,47H,3,21-27H2,1-2H3,(H,41,48)(H,42,49)(H2,40,44,45,46). The van der Waals surface area contributed by atoms with E-state index in [1.807, 2.05) is 49.4 Å². The molecule has 12 nitrogen and oxygen atoms in total. The summed E-state index contributed by atoms with van der Waals surface area (Å²) in [4.78, 5) is 33.8. The van der Waals surface area contributed by atoms with Gasteiger partial charge in [0.2, 0.25) is 5.96 Å². The van der Waals surface area contributed by atoms with Crippen molar-refractivity contribution in [2.45, 2.75) is 20.4 Å². The van der Waals surface area contributed by atoms with Crippen molar-refractivity contribution in [1.82, 2.24) is 16.0 Å². The lowest BCUT2D eigenvalue weighted by atomic mass is 10.1. The molecule has 0 fully saturated rings. The van der Waals surface area contributed by atoms with E-state index in [0.29, 0.717) is 80.5 Å². The Labute approximate surface area is 298 Å². The topological polar surface area (TPSA) is 158 Å². The van der Waals surface area contributed by atoms with Gasteiger partial charge >= 0.3 is 0 Å². The molecule has 0 aliphatic heterocycles. The number of nitrogens with zero attached hydrogens (tertiary/aromatic N) is 2. The predicted molar refractivity (Wildman–Crippen MR) is 202 cm³/mol. The second-order valence-electron chi connectivity index (χ2n) is 11.4. The van der Waals surface area contributed by atoms with Crippen molar-refractivity contribution in [3.05, 3.63) is 138 Å². The first-order valence-electron chi connectivity index (χ1n) is 16.6. The van der Waals surface area contributed by atoms with Crippen LogP contribution in [0.3, 0.4) is 0 Å². The van der Waals surface area contributed by atoms with Crippen molar-refractivity contribution in [3.63, 3.8) is 0 Å². The smallest absolute Gasteiger partial charge is 0.251 e. The molecule has 0 atom stereocenters. The first-order chi connectivity index (χ1) is 24.7. The van der Waals surface area contributed by atoms with Gasteiger partial charge in [-0.05, 0) is 80.1 Å². The molecule has 0 saturated heterocycles. The SMILES string of the molecule is C=C(NC(=NC(C)=NCCOCCOCCNC(=O)c1ccccc1)Nc1ccc(O)cc1)Nc1ccc(C(=O)NCc2ccc(C)cc2)cc1. The van der Waals surface area contributed by atoms with Gasteiger partial charge in [-0.15, -0.1) is 0 Å². The first kappa shape index (κ1) is 37.8. The van der Waals surface area contributed by atoms with E-state index in [1.54, 1.807) is 67.6 Å². The Morgan fingerprint density at radius 1 is 0.725 bits per heavy atom. The van der Waals surface area contributed by atoms with Crippen LogP contribution in [0.2, 0.25) is 0 Å². The number of amidine groups is 1. The van der Waals surface area contributed by atoms with E-state index in [9.17, 15) is 14.7 Å². The van der Waals surface area contributed by atoms with Crippen molar-refractivity contribution < 1.29 is 24.2 Å². The fourth-order valence-corrected chi connectivity index (χ4v) is 4.53. The van der Waals surface area contributed by atoms with Crippen LogP contribution in [0.15, 0.2) is 126 Å². The van der Waals surface area contributed by atoms with E-state index >= 15 is 0 Å². The number of rotatable bonds is 17. The lowest BCUT2D eigenvalue weighted by Crippen LogP contribution is -2.33.